The number of hydrogen-bond acceptors (Lipinski definition) is 5. The molecule has 26 heavy (non-hydrogen) atoms. The number of likely N-dealkylation sites (tertiary alicyclic amines) is 1. The van der Waals surface area contributed by atoms with Gasteiger partial charge in [0.1, 0.15) is 12.4 Å². The third-order valence-corrected chi connectivity index (χ3v) is 5.01. The van der Waals surface area contributed by atoms with Crippen molar-refractivity contribution in [3.05, 3.63) is 30.3 Å². The Bertz CT molecular complexity index is 604. The molecule has 7 nitrogen and oxygen atoms in total. The minimum Gasteiger partial charge on any atom is -0.492 e. The normalized spacial score (nSPS) is 22.3. The number of rotatable bonds is 7. The summed E-state index contributed by atoms with van der Waals surface area (Å²) in [5, 5.41) is 2.94. The lowest BCUT2D eigenvalue weighted by Gasteiger charge is -2.27. The lowest BCUT2D eigenvalue weighted by molar-refractivity contribution is -0.128. The average Bonchev–Trinajstić information content (AvgIpc) is 3.02. The molecule has 142 valence electrons. The van der Waals surface area contributed by atoms with Crippen molar-refractivity contribution >= 4 is 11.8 Å². The van der Waals surface area contributed by atoms with Crippen molar-refractivity contribution < 1.29 is 19.1 Å². The number of benzene rings is 1. The smallest absolute Gasteiger partial charge is 0.237 e. The van der Waals surface area contributed by atoms with E-state index in [1.54, 1.807) is 4.90 Å². The molecule has 2 aliphatic rings. The van der Waals surface area contributed by atoms with Gasteiger partial charge in [-0.05, 0) is 30.9 Å². The van der Waals surface area contributed by atoms with Gasteiger partial charge < -0.3 is 25.4 Å². The first-order valence-electron chi connectivity index (χ1n) is 9.23. The Labute approximate surface area is 153 Å². The molecule has 2 fully saturated rings. The third kappa shape index (κ3) is 4.95. The molecule has 2 heterocycles. The molecule has 3 N–H and O–H groups in total. The first-order chi connectivity index (χ1) is 12.6. The van der Waals surface area contributed by atoms with Crippen LogP contribution in [0.3, 0.4) is 0 Å². The number of nitrogens with zero attached hydrogens (tertiary/aromatic N) is 1. The first-order valence-corrected chi connectivity index (χ1v) is 9.23. The Kier molecular flexibility index (Phi) is 6.46. The van der Waals surface area contributed by atoms with Crippen LogP contribution in [0.1, 0.15) is 19.3 Å². The summed E-state index contributed by atoms with van der Waals surface area (Å²) in [6.45, 7) is 2.75. The average molecular weight is 361 g/mol. The van der Waals surface area contributed by atoms with E-state index in [1.165, 1.54) is 0 Å². The number of carbonyl (C=O) groups excluding carboxylic acids is 2. The largest absolute Gasteiger partial charge is 0.492 e. The predicted octanol–water partition coefficient (Wildman–Crippen LogP) is 0.536. The number of nitrogens with two attached hydrogens (primary N) is 1. The summed E-state index contributed by atoms with van der Waals surface area (Å²) < 4.78 is 10.9. The maximum Gasteiger partial charge on any atom is 0.237 e. The van der Waals surface area contributed by atoms with Crippen LogP contribution in [0.25, 0.3) is 0 Å². The van der Waals surface area contributed by atoms with Gasteiger partial charge in [0.15, 0.2) is 0 Å². The second-order valence-corrected chi connectivity index (χ2v) is 6.89. The van der Waals surface area contributed by atoms with E-state index in [1.807, 2.05) is 30.3 Å². The molecule has 2 aliphatic heterocycles. The second kappa shape index (κ2) is 9.00. The molecule has 1 aromatic rings. The van der Waals surface area contributed by atoms with Gasteiger partial charge in [-0.3, -0.25) is 9.59 Å². The molecule has 2 saturated heterocycles. The summed E-state index contributed by atoms with van der Waals surface area (Å²) in [7, 11) is 0. The van der Waals surface area contributed by atoms with Gasteiger partial charge in [-0.25, -0.2) is 0 Å². The van der Waals surface area contributed by atoms with Crippen LogP contribution >= 0.6 is 0 Å². The van der Waals surface area contributed by atoms with Crippen molar-refractivity contribution in [2.45, 2.75) is 31.3 Å². The van der Waals surface area contributed by atoms with Crippen molar-refractivity contribution in [3.8, 4) is 5.75 Å². The number of para-hydroxylation sites is 1. The molecule has 0 aromatic heterocycles. The topological polar surface area (TPSA) is 93.9 Å². The molecule has 1 aromatic carbocycles. The molecule has 0 aliphatic carbocycles. The monoisotopic (exact) mass is 361 g/mol. The van der Waals surface area contributed by atoms with Crippen molar-refractivity contribution in [2.24, 2.45) is 11.7 Å². The summed E-state index contributed by atoms with van der Waals surface area (Å²) in [6.07, 6.45) is 1.93. The van der Waals surface area contributed by atoms with E-state index < -0.39 is 6.04 Å². The minimum absolute atomic E-state index is 0.0339. The Balaban J connectivity index is 1.41. The fourth-order valence-electron chi connectivity index (χ4n) is 3.46. The first kappa shape index (κ1) is 18.7. The molecule has 2 unspecified atom stereocenters. The predicted molar refractivity (Wildman–Crippen MR) is 96.6 cm³/mol. The van der Waals surface area contributed by atoms with Crippen LogP contribution < -0.4 is 15.8 Å². The summed E-state index contributed by atoms with van der Waals surface area (Å²) >= 11 is 0. The van der Waals surface area contributed by atoms with E-state index >= 15 is 0 Å². The van der Waals surface area contributed by atoms with E-state index in [-0.39, 0.29) is 23.8 Å². The van der Waals surface area contributed by atoms with Gasteiger partial charge >= 0.3 is 0 Å². The van der Waals surface area contributed by atoms with E-state index in [4.69, 9.17) is 15.2 Å². The van der Waals surface area contributed by atoms with Crippen LogP contribution in [0, 0.1) is 5.92 Å². The zero-order valence-electron chi connectivity index (χ0n) is 14.9. The van der Waals surface area contributed by atoms with Crippen molar-refractivity contribution in [1.82, 2.24) is 10.2 Å². The molecule has 7 heteroatoms. The zero-order chi connectivity index (χ0) is 18.4. The molecule has 2 atom stereocenters. The molecule has 2 amide bonds. The van der Waals surface area contributed by atoms with Crippen LogP contribution in [0.4, 0.5) is 0 Å². The third-order valence-electron chi connectivity index (χ3n) is 5.01. The quantitative estimate of drug-likeness (QED) is 0.739. The minimum atomic E-state index is -0.538. The molecule has 0 saturated carbocycles. The van der Waals surface area contributed by atoms with Crippen molar-refractivity contribution in [3.63, 3.8) is 0 Å². The molecular weight excluding hydrogens is 334 g/mol. The summed E-state index contributed by atoms with van der Waals surface area (Å²) in [5.41, 5.74) is 6.10. The van der Waals surface area contributed by atoms with Crippen LogP contribution in [-0.4, -0.2) is 61.7 Å². The maximum absolute atomic E-state index is 12.4. The summed E-state index contributed by atoms with van der Waals surface area (Å²) in [4.78, 5) is 26.3. The molecule has 0 bridgehead atoms. The Hall–Kier alpha value is -2.12. The maximum atomic E-state index is 12.4. The van der Waals surface area contributed by atoms with Gasteiger partial charge in [0.2, 0.25) is 11.8 Å². The van der Waals surface area contributed by atoms with Gasteiger partial charge in [-0.15, -0.1) is 0 Å². The lowest BCUT2D eigenvalue weighted by Crippen LogP contribution is -2.50. The Morgan fingerprint density at radius 2 is 2.04 bits per heavy atom. The summed E-state index contributed by atoms with van der Waals surface area (Å²) in [6, 6.07) is 8.78. The number of nitrogens with one attached hydrogen (secondary N) is 1. The second-order valence-electron chi connectivity index (χ2n) is 6.89. The van der Waals surface area contributed by atoms with Gasteiger partial charge in [0.05, 0.1) is 18.6 Å². The van der Waals surface area contributed by atoms with Crippen molar-refractivity contribution in [2.75, 3.05) is 32.9 Å². The fraction of sp³-hybridized carbons (Fsp3) is 0.579. The highest BCUT2D eigenvalue weighted by Gasteiger charge is 2.33. The van der Waals surface area contributed by atoms with E-state index in [2.05, 4.69) is 5.32 Å². The van der Waals surface area contributed by atoms with Crippen LogP contribution in [-0.2, 0) is 14.3 Å². The number of hydrogen-bond donors (Lipinski definition) is 2. The lowest BCUT2D eigenvalue weighted by atomic mass is 9.91. The van der Waals surface area contributed by atoms with E-state index in [0.717, 1.165) is 18.6 Å². The standard InChI is InChI=1S/C19H27N3O4/c20-18(14-6-9-25-10-7-14)19(24)21-15-12-17(23)22(13-15)8-11-26-16-4-2-1-3-5-16/h1-5,14-15,18H,6-13,20H2,(H,21,24). The van der Waals surface area contributed by atoms with Gasteiger partial charge in [0, 0.05) is 26.2 Å². The molecule has 0 spiro atoms. The van der Waals surface area contributed by atoms with E-state index in [0.29, 0.717) is 39.3 Å². The van der Waals surface area contributed by atoms with Gasteiger partial charge in [0.25, 0.3) is 0 Å². The molecule has 3 rings (SSSR count). The molecular formula is C19H27N3O4. The number of carbonyl (C=O) groups is 2. The Morgan fingerprint density at radius 3 is 2.77 bits per heavy atom. The highest BCUT2D eigenvalue weighted by Crippen LogP contribution is 2.18. The Morgan fingerprint density at radius 1 is 1.31 bits per heavy atom. The van der Waals surface area contributed by atoms with Crippen LogP contribution in [0.5, 0.6) is 5.75 Å². The molecule has 0 radical (unpaired) electrons. The highest BCUT2D eigenvalue weighted by molar-refractivity contribution is 5.85. The fourth-order valence-corrected chi connectivity index (χ4v) is 3.46. The SMILES string of the molecule is NC(C(=O)NC1CC(=O)N(CCOc2ccccc2)C1)C1CCOCC1. The van der Waals surface area contributed by atoms with Gasteiger partial charge in [-0.1, -0.05) is 18.2 Å². The summed E-state index contributed by atoms with van der Waals surface area (Å²) in [5.74, 6) is 0.798. The van der Waals surface area contributed by atoms with Crippen LogP contribution in [0.15, 0.2) is 30.3 Å². The zero-order valence-corrected chi connectivity index (χ0v) is 14.9. The highest BCUT2D eigenvalue weighted by atomic mass is 16.5. The number of ether oxygens (including phenoxy) is 2. The van der Waals surface area contributed by atoms with Crippen LogP contribution in [0.2, 0.25) is 0 Å². The van der Waals surface area contributed by atoms with E-state index in [9.17, 15) is 9.59 Å². The van der Waals surface area contributed by atoms with Crippen molar-refractivity contribution in [1.29, 1.82) is 0 Å². The number of amides is 2. The van der Waals surface area contributed by atoms with Gasteiger partial charge in [-0.2, -0.15) is 0 Å².